The number of pyridine rings is 2. The minimum Gasteiger partial charge on any atom is -0.493 e. The Kier molecular flexibility index (Phi) is 12.2. The zero-order valence-corrected chi connectivity index (χ0v) is 28.8. The van der Waals surface area contributed by atoms with Crippen LogP contribution < -0.4 is 25.4 Å². The number of aryl methyl sites for hydroxylation is 1. The molecule has 4 aromatic rings. The van der Waals surface area contributed by atoms with E-state index in [0.29, 0.717) is 65.4 Å². The molecule has 0 saturated heterocycles. The predicted octanol–water partition coefficient (Wildman–Crippen LogP) is 6.14. The summed E-state index contributed by atoms with van der Waals surface area (Å²) in [6, 6.07) is 13.0. The van der Waals surface area contributed by atoms with Gasteiger partial charge in [0.05, 0.1) is 23.4 Å². The largest absolute Gasteiger partial charge is 0.493 e. The number of carbonyl (C=O) groups is 2. The summed E-state index contributed by atoms with van der Waals surface area (Å²) in [5.41, 5.74) is 1.75. The Hall–Kier alpha value is -3.38. The van der Waals surface area contributed by atoms with Crippen molar-refractivity contribution in [1.82, 2.24) is 14.9 Å². The fourth-order valence-corrected chi connectivity index (χ4v) is 5.88. The minimum absolute atomic E-state index is 0. The van der Waals surface area contributed by atoms with E-state index in [1.165, 1.54) is 0 Å². The van der Waals surface area contributed by atoms with Gasteiger partial charge in [0.1, 0.15) is 16.7 Å². The molecule has 0 bridgehead atoms. The number of ether oxygens (including phenoxy) is 1. The van der Waals surface area contributed by atoms with Gasteiger partial charge in [-0.1, -0.05) is 0 Å². The van der Waals surface area contributed by atoms with Crippen molar-refractivity contribution in [2.75, 3.05) is 36.5 Å². The first-order valence-electron chi connectivity index (χ1n) is 14.4. The number of nitrogens with zero attached hydrogens (tertiary/aromatic N) is 4. The third-order valence-corrected chi connectivity index (χ3v) is 8.30. The molecule has 13 heteroatoms. The summed E-state index contributed by atoms with van der Waals surface area (Å²) in [6.45, 7) is 7.38. The normalized spacial score (nSPS) is 14.8. The molecular weight excluding hydrogens is 685 g/mol. The van der Waals surface area contributed by atoms with Gasteiger partial charge in [0, 0.05) is 56.9 Å². The van der Waals surface area contributed by atoms with E-state index in [2.05, 4.69) is 26.2 Å². The quantitative estimate of drug-likeness (QED) is 0.146. The molecule has 0 saturated carbocycles. The Balaban J connectivity index is 0.00000276. The number of anilines is 2. The molecule has 1 atom stereocenters. The van der Waals surface area contributed by atoms with Crippen LogP contribution in [0.2, 0.25) is 0 Å². The third-order valence-electron chi connectivity index (χ3n) is 7.91. The van der Waals surface area contributed by atoms with Gasteiger partial charge in [-0.05, 0) is 92.0 Å². The van der Waals surface area contributed by atoms with Crippen LogP contribution in [-0.2, 0) is 16.1 Å². The molecule has 0 radical (unpaired) electrons. The highest BCUT2D eigenvalue weighted by Gasteiger charge is 2.45. The second kappa shape index (κ2) is 15.3. The summed E-state index contributed by atoms with van der Waals surface area (Å²) in [6.07, 6.45) is 6.73. The molecule has 242 valence electrons. The molecule has 1 unspecified atom stereocenters. The molecule has 10 nitrogen and oxygen atoms in total. The number of furan rings is 1. The van der Waals surface area contributed by atoms with Crippen molar-refractivity contribution >= 4 is 74.9 Å². The number of aromatic nitrogens is 2. The molecule has 0 aliphatic carbocycles. The number of halogens is 3. The van der Waals surface area contributed by atoms with Crippen LogP contribution >= 0.6 is 40.7 Å². The van der Waals surface area contributed by atoms with Gasteiger partial charge in [0.15, 0.2) is 4.67 Å². The molecule has 3 aromatic heterocycles. The summed E-state index contributed by atoms with van der Waals surface area (Å²) in [4.78, 5) is 46.5. The zero-order chi connectivity index (χ0) is 30.7. The molecule has 0 spiro atoms. The van der Waals surface area contributed by atoms with Gasteiger partial charge in [-0.3, -0.25) is 19.4 Å². The van der Waals surface area contributed by atoms with Gasteiger partial charge in [0.25, 0.3) is 5.56 Å². The lowest BCUT2D eigenvalue weighted by atomic mass is 9.90. The SMILES string of the molecule is CCN1C(=O)C(C)(C)C(=O)N(C)c2cc(OCCCNC(CCn3ccc4oc(Br)cc4c3=O)c3ccncc3)ccc21.Cl.Cl. The van der Waals surface area contributed by atoms with Gasteiger partial charge in [0.2, 0.25) is 11.8 Å². The number of rotatable bonds is 11. The van der Waals surface area contributed by atoms with E-state index in [1.807, 2.05) is 43.3 Å². The lowest BCUT2D eigenvalue weighted by molar-refractivity contribution is -0.137. The van der Waals surface area contributed by atoms with Crippen LogP contribution in [0.15, 0.2) is 74.9 Å². The van der Waals surface area contributed by atoms with E-state index in [4.69, 9.17) is 9.15 Å². The maximum absolute atomic E-state index is 13.1. The van der Waals surface area contributed by atoms with Crippen molar-refractivity contribution in [1.29, 1.82) is 0 Å². The summed E-state index contributed by atoms with van der Waals surface area (Å²) >= 11 is 3.30. The van der Waals surface area contributed by atoms with Gasteiger partial charge in [-0.25, -0.2) is 0 Å². The molecule has 1 N–H and O–H groups in total. The first-order chi connectivity index (χ1) is 20.6. The molecule has 1 aliphatic heterocycles. The van der Waals surface area contributed by atoms with Gasteiger partial charge in [-0.2, -0.15) is 0 Å². The predicted molar refractivity (Wildman–Crippen MR) is 184 cm³/mol. The number of hydrogen-bond donors (Lipinski definition) is 1. The minimum atomic E-state index is -1.15. The highest BCUT2D eigenvalue weighted by molar-refractivity contribution is 9.10. The van der Waals surface area contributed by atoms with Gasteiger partial charge in [-0.15, -0.1) is 24.8 Å². The maximum atomic E-state index is 13.1. The lowest BCUT2D eigenvalue weighted by Gasteiger charge is -2.27. The Bertz CT molecular complexity index is 1690. The molecular formula is C32H38BrCl2N5O5. The van der Waals surface area contributed by atoms with E-state index in [0.717, 1.165) is 12.0 Å². The van der Waals surface area contributed by atoms with Crippen molar-refractivity contribution in [2.24, 2.45) is 5.41 Å². The number of nitrogens with one attached hydrogen (secondary N) is 1. The highest BCUT2D eigenvalue weighted by atomic mass is 79.9. The maximum Gasteiger partial charge on any atom is 0.261 e. The Labute approximate surface area is 283 Å². The topological polar surface area (TPSA) is 110 Å². The van der Waals surface area contributed by atoms with Crippen LogP contribution in [0.4, 0.5) is 11.4 Å². The van der Waals surface area contributed by atoms with Crippen LogP contribution in [0.3, 0.4) is 0 Å². The summed E-state index contributed by atoms with van der Waals surface area (Å²) < 4.78 is 13.8. The van der Waals surface area contributed by atoms with Crippen LogP contribution in [0.25, 0.3) is 11.0 Å². The van der Waals surface area contributed by atoms with Crippen molar-refractivity contribution in [3.8, 4) is 5.75 Å². The Morgan fingerprint density at radius 1 is 1.02 bits per heavy atom. The van der Waals surface area contributed by atoms with Crippen molar-refractivity contribution in [2.45, 2.75) is 46.2 Å². The van der Waals surface area contributed by atoms with Crippen LogP contribution in [0.5, 0.6) is 5.75 Å². The van der Waals surface area contributed by atoms with Crippen molar-refractivity contribution < 1.29 is 18.7 Å². The zero-order valence-electron chi connectivity index (χ0n) is 25.6. The molecule has 2 amide bonds. The first kappa shape index (κ1) is 36.1. The second-order valence-electron chi connectivity index (χ2n) is 11.1. The molecule has 4 heterocycles. The van der Waals surface area contributed by atoms with E-state index >= 15 is 0 Å². The van der Waals surface area contributed by atoms with Crippen molar-refractivity contribution in [3.63, 3.8) is 0 Å². The van der Waals surface area contributed by atoms with Gasteiger partial charge < -0.3 is 28.8 Å². The first-order valence-corrected chi connectivity index (χ1v) is 15.2. The fourth-order valence-electron chi connectivity index (χ4n) is 5.48. The molecule has 45 heavy (non-hydrogen) atoms. The van der Waals surface area contributed by atoms with Crippen molar-refractivity contribution in [3.05, 3.63) is 81.6 Å². The molecule has 5 rings (SSSR count). The third kappa shape index (κ3) is 7.54. The molecule has 1 aromatic carbocycles. The number of carbonyl (C=O) groups excluding carboxylic acids is 2. The highest BCUT2D eigenvalue weighted by Crippen LogP contribution is 2.40. The lowest BCUT2D eigenvalue weighted by Crippen LogP contribution is -2.47. The average molecular weight is 723 g/mol. The standard InChI is InChI=1S/C32H36BrN5O5.2ClH/c1-5-38-25-8-7-22(19-26(25)36(4)30(40)32(2,3)31(38)41)42-18-6-13-35-24(21-9-14-34-15-10-21)11-16-37-17-12-27-23(29(37)39)20-28(33)43-27;;/h7-10,12,14-15,17,19-20,24,35H,5-6,11,13,16,18H2,1-4H3;2*1H. The molecule has 1 aliphatic rings. The smallest absolute Gasteiger partial charge is 0.261 e. The van der Waals surface area contributed by atoms with E-state index in [1.54, 1.807) is 59.9 Å². The summed E-state index contributed by atoms with van der Waals surface area (Å²) in [5, 5.41) is 4.15. The number of hydrogen-bond acceptors (Lipinski definition) is 7. The van der Waals surface area contributed by atoms with Crippen LogP contribution in [-0.4, -0.2) is 48.1 Å². The van der Waals surface area contributed by atoms with E-state index in [9.17, 15) is 14.4 Å². The number of amides is 2. The second-order valence-corrected chi connectivity index (χ2v) is 11.9. The number of benzene rings is 1. The van der Waals surface area contributed by atoms with E-state index < -0.39 is 5.41 Å². The Morgan fingerprint density at radius 3 is 2.47 bits per heavy atom. The fraction of sp³-hybridized carbons (Fsp3) is 0.375. The van der Waals surface area contributed by atoms with Crippen LogP contribution in [0.1, 0.15) is 45.2 Å². The number of fused-ring (bicyclic) bond motifs is 2. The molecule has 0 fully saturated rings. The van der Waals surface area contributed by atoms with Crippen LogP contribution in [0, 0.1) is 5.41 Å². The monoisotopic (exact) mass is 721 g/mol. The summed E-state index contributed by atoms with van der Waals surface area (Å²) in [5.74, 6) is 0.167. The summed E-state index contributed by atoms with van der Waals surface area (Å²) in [7, 11) is 1.70. The van der Waals surface area contributed by atoms with E-state index in [-0.39, 0.29) is 48.2 Å². The van der Waals surface area contributed by atoms with Gasteiger partial charge >= 0.3 is 0 Å². The average Bonchev–Trinajstić information content (AvgIpc) is 3.39. The Morgan fingerprint density at radius 2 is 1.76 bits per heavy atom.